The van der Waals surface area contributed by atoms with Crippen LogP contribution >= 0.6 is 0 Å². The van der Waals surface area contributed by atoms with Crippen molar-refractivity contribution < 1.29 is 0 Å². The maximum Gasteiger partial charge on any atom is 0.121 e. The molecule has 0 aliphatic heterocycles. The van der Waals surface area contributed by atoms with Crippen molar-refractivity contribution in [3.63, 3.8) is 0 Å². The van der Waals surface area contributed by atoms with E-state index in [-0.39, 0.29) is 0 Å². The normalized spacial score (nSPS) is 11.6. The van der Waals surface area contributed by atoms with E-state index in [0.717, 1.165) is 44.2 Å². The van der Waals surface area contributed by atoms with Crippen molar-refractivity contribution in [1.29, 1.82) is 0 Å². The molecule has 0 saturated carbocycles. The third-order valence-corrected chi connectivity index (χ3v) is 8.77. The molecule has 45 heavy (non-hydrogen) atoms. The first-order valence-corrected chi connectivity index (χ1v) is 15.1. The molecule has 7 aromatic carbocycles. The Morgan fingerprint density at radius 2 is 0.933 bits per heavy atom. The summed E-state index contributed by atoms with van der Waals surface area (Å²) in [4.78, 5) is 5.90. The fourth-order valence-corrected chi connectivity index (χ4v) is 6.73. The summed E-state index contributed by atoms with van der Waals surface area (Å²) in [5.74, 6) is 0. The van der Waals surface area contributed by atoms with Crippen LogP contribution in [0.2, 0.25) is 0 Å². The summed E-state index contributed by atoms with van der Waals surface area (Å²) in [6, 6.07) is 51.5. The highest BCUT2D eigenvalue weighted by Gasteiger charge is 2.20. The van der Waals surface area contributed by atoms with Gasteiger partial charge in [0.15, 0.2) is 0 Å². The molecule has 0 atom stereocenters. The molecule has 2 heterocycles. The molecular weight excluding hydrogens is 548 g/mol. The van der Waals surface area contributed by atoms with Crippen LogP contribution in [0, 0.1) is 0 Å². The lowest BCUT2D eigenvalue weighted by atomic mass is 9.84. The van der Waals surface area contributed by atoms with Gasteiger partial charge in [0.05, 0.1) is 5.69 Å². The van der Waals surface area contributed by atoms with E-state index >= 15 is 0 Å². The molecule has 0 radical (unpaired) electrons. The Kier molecular flexibility index (Phi) is 5.78. The van der Waals surface area contributed by atoms with E-state index in [9.17, 15) is 0 Å². The quantitative estimate of drug-likeness (QED) is 0.196. The highest BCUT2D eigenvalue weighted by molar-refractivity contribution is 6.25. The van der Waals surface area contributed by atoms with Gasteiger partial charge in [-0.15, -0.1) is 10.2 Å². The first kappa shape index (κ1) is 25.4. The second kappa shape index (κ2) is 10.2. The maximum absolute atomic E-state index is 5.04. The number of hydrogen-bond acceptors (Lipinski definition) is 3. The van der Waals surface area contributed by atoms with Crippen molar-refractivity contribution in [3.8, 4) is 39.1 Å². The van der Waals surface area contributed by atoms with Crippen LogP contribution in [0.4, 0.5) is 0 Å². The minimum atomic E-state index is 0.863. The van der Waals surface area contributed by atoms with Crippen LogP contribution in [0.3, 0.4) is 0 Å². The summed E-state index contributed by atoms with van der Waals surface area (Å²) in [6.07, 6.45) is 3.63. The molecule has 2 aromatic heterocycles. The minimum absolute atomic E-state index is 0.863. The zero-order valence-corrected chi connectivity index (χ0v) is 24.3. The van der Waals surface area contributed by atoms with Gasteiger partial charge in [-0.1, -0.05) is 115 Å². The van der Waals surface area contributed by atoms with E-state index in [1.807, 2.05) is 24.5 Å². The third kappa shape index (κ3) is 4.11. The van der Waals surface area contributed by atoms with Crippen LogP contribution < -0.4 is 0 Å². The lowest BCUT2D eigenvalue weighted by Gasteiger charge is -2.18. The molecule has 0 aliphatic carbocycles. The average Bonchev–Trinajstić information content (AvgIpc) is 3.56. The van der Waals surface area contributed by atoms with Crippen molar-refractivity contribution in [1.82, 2.24) is 20.0 Å². The van der Waals surface area contributed by atoms with Gasteiger partial charge in [-0.05, 0) is 90.6 Å². The molecule has 0 saturated heterocycles. The van der Waals surface area contributed by atoms with Gasteiger partial charge in [0.25, 0.3) is 0 Å². The van der Waals surface area contributed by atoms with Crippen LogP contribution in [0.25, 0.3) is 82.4 Å². The van der Waals surface area contributed by atoms with Crippen LogP contribution in [0.15, 0.2) is 158 Å². The Labute approximate surface area is 259 Å². The molecule has 4 nitrogen and oxygen atoms in total. The number of pyridine rings is 1. The first-order chi connectivity index (χ1) is 22.3. The number of rotatable bonds is 4. The van der Waals surface area contributed by atoms with Gasteiger partial charge < -0.3 is 0 Å². The van der Waals surface area contributed by atoms with Gasteiger partial charge in [0.2, 0.25) is 0 Å². The second-order valence-corrected chi connectivity index (χ2v) is 11.3. The topological polar surface area (TPSA) is 43.6 Å². The van der Waals surface area contributed by atoms with Crippen molar-refractivity contribution >= 4 is 43.4 Å². The van der Waals surface area contributed by atoms with Crippen LogP contribution in [0.5, 0.6) is 0 Å². The molecule has 0 unspecified atom stereocenters. The molecule has 9 rings (SSSR count). The number of aromatic nitrogens is 4. The molecule has 0 spiro atoms. The van der Waals surface area contributed by atoms with E-state index in [4.69, 9.17) is 10.2 Å². The number of nitrogens with zero attached hydrogens (tertiary/aromatic N) is 4. The lowest BCUT2D eigenvalue weighted by Crippen LogP contribution is -1.98. The van der Waals surface area contributed by atoms with Gasteiger partial charge in [0.1, 0.15) is 11.0 Å². The smallest absolute Gasteiger partial charge is 0.121 e. The van der Waals surface area contributed by atoms with Gasteiger partial charge in [-0.2, -0.15) is 4.80 Å². The zero-order valence-electron chi connectivity index (χ0n) is 24.3. The van der Waals surface area contributed by atoms with Gasteiger partial charge in [0, 0.05) is 17.8 Å². The molecule has 0 fully saturated rings. The molecule has 9 aromatic rings. The van der Waals surface area contributed by atoms with Gasteiger partial charge in [-0.3, -0.25) is 4.98 Å². The van der Waals surface area contributed by atoms with E-state index in [0.29, 0.717) is 0 Å². The Balaban J connectivity index is 1.30. The van der Waals surface area contributed by atoms with Gasteiger partial charge in [-0.25, -0.2) is 0 Å². The molecule has 0 bridgehead atoms. The highest BCUT2D eigenvalue weighted by atomic mass is 15.5. The van der Waals surface area contributed by atoms with Crippen molar-refractivity contribution in [2.75, 3.05) is 0 Å². The van der Waals surface area contributed by atoms with E-state index in [2.05, 4.69) is 138 Å². The number of fused-ring (bicyclic) bond motifs is 5. The van der Waals surface area contributed by atoms with Crippen LogP contribution in [-0.2, 0) is 0 Å². The standard InChI is InChI=1S/C41H26N4/c1-2-10-29(11-3-1)39-32-13-5-7-15-34(32)40(35-16-8-6-14-33(35)39)37-26-38-41(36-17-9-4-12-31(36)37)44-45(43-38)30-20-18-27(19-21-30)28-22-24-42-25-23-28/h1-26H. The molecule has 0 aliphatic rings. The zero-order chi connectivity index (χ0) is 29.7. The number of benzene rings is 7. The summed E-state index contributed by atoms with van der Waals surface area (Å²) >= 11 is 0. The van der Waals surface area contributed by atoms with Crippen LogP contribution in [-0.4, -0.2) is 20.0 Å². The summed E-state index contributed by atoms with van der Waals surface area (Å²) in [5, 5.41) is 17.2. The molecule has 210 valence electrons. The van der Waals surface area contributed by atoms with E-state index in [1.54, 1.807) is 4.80 Å². The predicted molar refractivity (Wildman–Crippen MR) is 185 cm³/mol. The lowest BCUT2D eigenvalue weighted by molar-refractivity contribution is 0.766. The van der Waals surface area contributed by atoms with Crippen molar-refractivity contribution in [3.05, 3.63) is 158 Å². The van der Waals surface area contributed by atoms with Crippen molar-refractivity contribution in [2.45, 2.75) is 0 Å². The SMILES string of the molecule is c1ccc(-c2c3ccccc3c(-c3cc4nn(-c5ccc(-c6ccncc6)cc5)nc4c4ccccc34)c3ccccc23)cc1. The minimum Gasteiger partial charge on any atom is -0.265 e. The number of hydrogen-bond donors (Lipinski definition) is 0. The van der Waals surface area contributed by atoms with E-state index < -0.39 is 0 Å². The monoisotopic (exact) mass is 574 g/mol. The van der Waals surface area contributed by atoms with Crippen molar-refractivity contribution in [2.24, 2.45) is 0 Å². The fourth-order valence-electron chi connectivity index (χ4n) is 6.73. The summed E-state index contributed by atoms with van der Waals surface area (Å²) < 4.78 is 0. The maximum atomic E-state index is 5.04. The van der Waals surface area contributed by atoms with Gasteiger partial charge >= 0.3 is 0 Å². The predicted octanol–water partition coefficient (Wildman–Crippen LogP) is 10.3. The average molecular weight is 575 g/mol. The second-order valence-electron chi connectivity index (χ2n) is 11.3. The summed E-state index contributed by atoms with van der Waals surface area (Å²) in [6.45, 7) is 0. The third-order valence-electron chi connectivity index (χ3n) is 8.77. The Morgan fingerprint density at radius 1 is 0.400 bits per heavy atom. The Morgan fingerprint density at radius 3 is 1.58 bits per heavy atom. The summed E-state index contributed by atoms with van der Waals surface area (Å²) in [7, 11) is 0. The van der Waals surface area contributed by atoms with Crippen LogP contribution in [0.1, 0.15) is 0 Å². The molecular formula is C41H26N4. The summed E-state index contributed by atoms with van der Waals surface area (Å²) in [5.41, 5.74) is 9.78. The first-order valence-electron chi connectivity index (χ1n) is 15.1. The molecule has 0 amide bonds. The Bertz CT molecular complexity index is 2460. The molecule has 4 heteroatoms. The highest BCUT2D eigenvalue weighted by Crippen LogP contribution is 2.46. The van der Waals surface area contributed by atoms with E-state index in [1.165, 1.54) is 38.2 Å². The largest absolute Gasteiger partial charge is 0.265 e. The Hall–Kier alpha value is -6.13. The molecule has 0 N–H and O–H groups in total. The fraction of sp³-hybridized carbons (Fsp3) is 0.